The lowest BCUT2D eigenvalue weighted by atomic mass is 9.81. The van der Waals surface area contributed by atoms with Gasteiger partial charge in [-0.25, -0.2) is 0 Å². The number of rotatable bonds is 6. The predicted octanol–water partition coefficient (Wildman–Crippen LogP) is 3.47. The lowest BCUT2D eigenvalue weighted by molar-refractivity contribution is -0.144. The molecule has 156 valence electrons. The highest BCUT2D eigenvalue weighted by Crippen LogP contribution is 2.45. The lowest BCUT2D eigenvalue weighted by Gasteiger charge is -2.45. The summed E-state index contributed by atoms with van der Waals surface area (Å²) in [5.41, 5.74) is 3.74. The number of para-hydroxylation sites is 1. The summed E-state index contributed by atoms with van der Waals surface area (Å²) in [7, 11) is 0. The number of ether oxygens (including phenoxy) is 2. The van der Waals surface area contributed by atoms with Gasteiger partial charge < -0.3 is 14.0 Å². The van der Waals surface area contributed by atoms with E-state index in [0.29, 0.717) is 19.1 Å². The van der Waals surface area contributed by atoms with E-state index in [-0.39, 0.29) is 24.5 Å². The van der Waals surface area contributed by atoms with Crippen molar-refractivity contribution < 1.29 is 19.1 Å². The SMILES string of the molecule is CCOC(=O)Cn1c2c(c3ccccc31)CCN1CCC[C@@H](CCOC(C)=O)[C@@H]21. The predicted molar refractivity (Wildman–Crippen MR) is 111 cm³/mol. The number of hydrogen-bond acceptors (Lipinski definition) is 5. The zero-order valence-electron chi connectivity index (χ0n) is 17.4. The minimum Gasteiger partial charge on any atom is -0.466 e. The van der Waals surface area contributed by atoms with Crippen molar-refractivity contribution in [3.05, 3.63) is 35.5 Å². The van der Waals surface area contributed by atoms with Gasteiger partial charge in [0.25, 0.3) is 0 Å². The summed E-state index contributed by atoms with van der Waals surface area (Å²) < 4.78 is 12.7. The van der Waals surface area contributed by atoms with Crippen LogP contribution in [-0.2, 0) is 32.0 Å². The quantitative estimate of drug-likeness (QED) is 0.698. The van der Waals surface area contributed by atoms with Gasteiger partial charge >= 0.3 is 11.9 Å². The Labute approximate surface area is 171 Å². The number of fused-ring (bicyclic) bond motifs is 5. The molecule has 2 aromatic rings. The largest absolute Gasteiger partial charge is 0.466 e. The summed E-state index contributed by atoms with van der Waals surface area (Å²) >= 11 is 0. The number of piperidine rings is 1. The van der Waals surface area contributed by atoms with Crippen LogP contribution in [0.25, 0.3) is 10.9 Å². The van der Waals surface area contributed by atoms with E-state index in [0.717, 1.165) is 44.3 Å². The average molecular weight is 399 g/mol. The number of esters is 2. The third-order valence-electron chi connectivity index (χ3n) is 6.30. The Hall–Kier alpha value is -2.34. The topological polar surface area (TPSA) is 60.8 Å². The molecule has 0 N–H and O–H groups in total. The smallest absolute Gasteiger partial charge is 0.325 e. The molecule has 2 aliphatic heterocycles. The van der Waals surface area contributed by atoms with Gasteiger partial charge in [0.05, 0.1) is 19.3 Å². The fraction of sp³-hybridized carbons (Fsp3) is 0.565. The first-order valence-corrected chi connectivity index (χ1v) is 10.7. The Bertz CT molecular complexity index is 904. The van der Waals surface area contributed by atoms with Gasteiger partial charge in [-0.15, -0.1) is 0 Å². The molecule has 0 amide bonds. The van der Waals surface area contributed by atoms with Gasteiger partial charge in [-0.3, -0.25) is 14.5 Å². The second kappa shape index (κ2) is 8.57. The minimum absolute atomic E-state index is 0.194. The van der Waals surface area contributed by atoms with Gasteiger partial charge in [-0.05, 0) is 56.7 Å². The fourth-order valence-electron chi connectivity index (χ4n) is 5.21. The van der Waals surface area contributed by atoms with Gasteiger partial charge in [0.1, 0.15) is 6.54 Å². The van der Waals surface area contributed by atoms with Crippen LogP contribution in [0.4, 0.5) is 0 Å². The molecule has 1 fully saturated rings. The van der Waals surface area contributed by atoms with Crippen LogP contribution < -0.4 is 0 Å². The highest BCUT2D eigenvalue weighted by molar-refractivity contribution is 5.87. The van der Waals surface area contributed by atoms with E-state index >= 15 is 0 Å². The molecule has 0 spiro atoms. The monoisotopic (exact) mass is 398 g/mol. The fourth-order valence-corrected chi connectivity index (χ4v) is 5.21. The number of carbonyl (C=O) groups excluding carboxylic acids is 2. The van der Waals surface area contributed by atoms with Gasteiger partial charge in [0.2, 0.25) is 0 Å². The standard InChI is InChI=1S/C23H30N2O4/c1-3-28-21(27)15-25-20-9-5-4-8-18(20)19-10-13-24-12-6-7-17(22(24)23(19)25)11-14-29-16(2)26/h4-5,8-9,17,22H,3,6-7,10-15H2,1-2H3/t17-,22-/m0/s1. The minimum atomic E-state index is -0.224. The van der Waals surface area contributed by atoms with Crippen LogP contribution in [-0.4, -0.2) is 47.7 Å². The lowest BCUT2D eigenvalue weighted by Crippen LogP contribution is -2.44. The maximum Gasteiger partial charge on any atom is 0.325 e. The van der Waals surface area contributed by atoms with E-state index < -0.39 is 0 Å². The van der Waals surface area contributed by atoms with Gasteiger partial charge in [0, 0.05) is 30.1 Å². The molecule has 6 nitrogen and oxygen atoms in total. The van der Waals surface area contributed by atoms with E-state index in [1.54, 1.807) is 0 Å². The van der Waals surface area contributed by atoms with E-state index in [2.05, 4.69) is 27.7 Å². The maximum atomic E-state index is 12.4. The number of aromatic nitrogens is 1. The third kappa shape index (κ3) is 3.90. The van der Waals surface area contributed by atoms with Crippen LogP contribution >= 0.6 is 0 Å². The molecule has 0 saturated carbocycles. The molecule has 29 heavy (non-hydrogen) atoms. The molecule has 0 radical (unpaired) electrons. The van der Waals surface area contributed by atoms with Crippen LogP contribution in [0.15, 0.2) is 24.3 Å². The Morgan fingerprint density at radius 2 is 2.00 bits per heavy atom. The molecule has 2 aliphatic rings. The summed E-state index contributed by atoms with van der Waals surface area (Å²) in [6, 6.07) is 8.63. The molecule has 4 rings (SSSR count). The van der Waals surface area contributed by atoms with Crippen molar-refractivity contribution in [3.63, 3.8) is 0 Å². The first-order chi connectivity index (χ1) is 14.1. The van der Waals surface area contributed by atoms with E-state index in [9.17, 15) is 9.59 Å². The molecule has 1 aromatic carbocycles. The molecule has 0 unspecified atom stereocenters. The van der Waals surface area contributed by atoms with Crippen molar-refractivity contribution in [2.45, 2.75) is 52.1 Å². The molecule has 0 aliphatic carbocycles. The van der Waals surface area contributed by atoms with Crippen LogP contribution in [0.2, 0.25) is 0 Å². The zero-order chi connectivity index (χ0) is 20.4. The Morgan fingerprint density at radius 3 is 2.79 bits per heavy atom. The molecule has 6 heteroatoms. The number of nitrogens with zero attached hydrogens (tertiary/aromatic N) is 2. The second-order valence-electron chi connectivity index (χ2n) is 8.03. The molecular formula is C23H30N2O4. The highest BCUT2D eigenvalue weighted by atomic mass is 16.5. The Balaban J connectivity index is 1.75. The van der Waals surface area contributed by atoms with Crippen molar-refractivity contribution in [1.29, 1.82) is 0 Å². The summed E-state index contributed by atoms with van der Waals surface area (Å²) in [4.78, 5) is 26.2. The number of carbonyl (C=O) groups is 2. The summed E-state index contributed by atoms with van der Waals surface area (Å²) in [5.74, 6) is -0.00807. The van der Waals surface area contributed by atoms with Crippen molar-refractivity contribution >= 4 is 22.8 Å². The molecule has 0 bridgehead atoms. The van der Waals surface area contributed by atoms with Crippen LogP contribution in [0.5, 0.6) is 0 Å². The number of benzene rings is 1. The average Bonchev–Trinajstić information content (AvgIpc) is 3.02. The summed E-state index contributed by atoms with van der Waals surface area (Å²) in [5, 5.41) is 1.25. The van der Waals surface area contributed by atoms with Crippen molar-refractivity contribution in [2.75, 3.05) is 26.3 Å². The number of hydrogen-bond donors (Lipinski definition) is 0. The maximum absolute atomic E-state index is 12.4. The van der Waals surface area contributed by atoms with Crippen LogP contribution in [0, 0.1) is 5.92 Å². The molecular weight excluding hydrogens is 368 g/mol. The van der Waals surface area contributed by atoms with Crippen molar-refractivity contribution in [3.8, 4) is 0 Å². The molecule has 1 saturated heterocycles. The second-order valence-corrected chi connectivity index (χ2v) is 8.03. The van der Waals surface area contributed by atoms with Crippen molar-refractivity contribution in [1.82, 2.24) is 9.47 Å². The Kier molecular flexibility index (Phi) is 5.90. The first-order valence-electron chi connectivity index (χ1n) is 10.7. The van der Waals surface area contributed by atoms with E-state index in [4.69, 9.17) is 9.47 Å². The molecule has 1 aromatic heterocycles. The summed E-state index contributed by atoms with van der Waals surface area (Å²) in [6.45, 7) is 6.51. The highest BCUT2D eigenvalue weighted by Gasteiger charge is 2.39. The summed E-state index contributed by atoms with van der Waals surface area (Å²) in [6.07, 6.45) is 4.12. The molecule has 3 heterocycles. The normalized spacial score (nSPS) is 21.4. The van der Waals surface area contributed by atoms with E-state index in [1.165, 1.54) is 23.6 Å². The zero-order valence-corrected chi connectivity index (χ0v) is 17.4. The van der Waals surface area contributed by atoms with E-state index in [1.807, 2.05) is 13.0 Å². The Morgan fingerprint density at radius 1 is 1.17 bits per heavy atom. The first kappa shape index (κ1) is 20.0. The third-order valence-corrected chi connectivity index (χ3v) is 6.30. The van der Waals surface area contributed by atoms with Crippen LogP contribution in [0.1, 0.15) is 50.4 Å². The van der Waals surface area contributed by atoms with Gasteiger partial charge in [0.15, 0.2) is 0 Å². The van der Waals surface area contributed by atoms with Crippen molar-refractivity contribution in [2.24, 2.45) is 5.92 Å². The molecule has 2 atom stereocenters. The van der Waals surface area contributed by atoms with Gasteiger partial charge in [-0.1, -0.05) is 18.2 Å². The van der Waals surface area contributed by atoms with Gasteiger partial charge in [-0.2, -0.15) is 0 Å². The van der Waals surface area contributed by atoms with Crippen LogP contribution in [0.3, 0.4) is 0 Å².